The van der Waals surface area contributed by atoms with Crippen LogP contribution in [-0.4, -0.2) is 17.3 Å². The number of para-hydroxylation sites is 1. The maximum Gasteiger partial charge on any atom is 0.247 e. The zero-order valence-corrected chi connectivity index (χ0v) is 11.9. The van der Waals surface area contributed by atoms with E-state index in [4.69, 9.17) is 10.2 Å². The van der Waals surface area contributed by atoms with Crippen molar-refractivity contribution in [1.82, 2.24) is 4.98 Å². The van der Waals surface area contributed by atoms with Gasteiger partial charge in [0.2, 0.25) is 5.78 Å². The Morgan fingerprint density at radius 1 is 1.45 bits per heavy atom. The van der Waals surface area contributed by atoms with Gasteiger partial charge >= 0.3 is 0 Å². The Balaban J connectivity index is 1.97. The van der Waals surface area contributed by atoms with Gasteiger partial charge in [0, 0.05) is 17.2 Å². The quantitative estimate of drug-likeness (QED) is 0.749. The lowest BCUT2D eigenvalue weighted by molar-refractivity contribution is 0.101. The molecule has 3 aromatic rings. The van der Waals surface area contributed by atoms with Crippen molar-refractivity contribution in [2.45, 2.75) is 13.3 Å². The molecule has 0 amide bonds. The third-order valence-electron chi connectivity index (χ3n) is 3.11. The number of nitrogens with zero attached hydrogens (tertiary/aromatic N) is 1. The number of carbonyl (C=O) groups is 1. The second-order valence-corrected chi connectivity index (χ2v) is 5.54. The molecule has 0 fully saturated rings. The summed E-state index contributed by atoms with van der Waals surface area (Å²) in [6.07, 6.45) is 0.692. The molecule has 102 valence electrons. The van der Waals surface area contributed by atoms with Crippen molar-refractivity contribution in [2.75, 3.05) is 6.54 Å². The SMILES string of the molecule is Cc1cccc2cc(C(=O)c3csc(CCN)n3)oc12. The lowest BCUT2D eigenvalue weighted by Gasteiger charge is -1.93. The largest absolute Gasteiger partial charge is 0.452 e. The highest BCUT2D eigenvalue weighted by molar-refractivity contribution is 7.09. The lowest BCUT2D eigenvalue weighted by atomic mass is 10.1. The molecule has 0 saturated carbocycles. The van der Waals surface area contributed by atoms with Gasteiger partial charge in [-0.1, -0.05) is 18.2 Å². The predicted octanol–water partition coefficient (Wildman–Crippen LogP) is 2.93. The zero-order chi connectivity index (χ0) is 14.1. The van der Waals surface area contributed by atoms with Gasteiger partial charge in [-0.05, 0) is 25.1 Å². The zero-order valence-electron chi connectivity index (χ0n) is 11.1. The average molecular weight is 286 g/mol. The molecule has 0 atom stereocenters. The molecule has 0 spiro atoms. The summed E-state index contributed by atoms with van der Waals surface area (Å²) >= 11 is 1.45. The third kappa shape index (κ3) is 2.26. The van der Waals surface area contributed by atoms with E-state index >= 15 is 0 Å². The molecule has 2 N–H and O–H groups in total. The van der Waals surface area contributed by atoms with Crippen molar-refractivity contribution in [2.24, 2.45) is 5.73 Å². The number of rotatable bonds is 4. The Labute approximate surface area is 120 Å². The van der Waals surface area contributed by atoms with Crippen LogP contribution in [0.4, 0.5) is 0 Å². The lowest BCUT2D eigenvalue weighted by Crippen LogP contribution is -2.04. The molecule has 3 rings (SSSR count). The summed E-state index contributed by atoms with van der Waals surface area (Å²) in [7, 11) is 0. The first-order chi connectivity index (χ1) is 9.69. The number of furan rings is 1. The molecule has 0 aliphatic heterocycles. The number of nitrogens with two attached hydrogens (primary N) is 1. The predicted molar refractivity (Wildman–Crippen MR) is 79.3 cm³/mol. The third-order valence-corrected chi connectivity index (χ3v) is 4.02. The van der Waals surface area contributed by atoms with Crippen molar-refractivity contribution in [1.29, 1.82) is 0 Å². The maximum absolute atomic E-state index is 12.4. The van der Waals surface area contributed by atoms with Crippen LogP contribution >= 0.6 is 11.3 Å². The summed E-state index contributed by atoms with van der Waals surface area (Å²) < 4.78 is 5.67. The molecule has 5 heteroatoms. The number of hydrogen-bond acceptors (Lipinski definition) is 5. The van der Waals surface area contributed by atoms with E-state index in [2.05, 4.69) is 4.98 Å². The Morgan fingerprint density at radius 2 is 2.30 bits per heavy atom. The maximum atomic E-state index is 12.4. The van der Waals surface area contributed by atoms with E-state index in [9.17, 15) is 4.79 Å². The molecular weight excluding hydrogens is 272 g/mol. The van der Waals surface area contributed by atoms with Crippen LogP contribution in [0, 0.1) is 6.92 Å². The number of ketones is 1. The van der Waals surface area contributed by atoms with Gasteiger partial charge in [0.25, 0.3) is 0 Å². The fourth-order valence-corrected chi connectivity index (χ4v) is 2.89. The van der Waals surface area contributed by atoms with E-state index in [0.29, 0.717) is 24.4 Å². The molecule has 0 aliphatic carbocycles. The number of aryl methyl sites for hydroxylation is 1. The number of hydrogen-bond donors (Lipinski definition) is 1. The second kappa shape index (κ2) is 5.19. The van der Waals surface area contributed by atoms with Crippen molar-refractivity contribution >= 4 is 28.1 Å². The minimum absolute atomic E-state index is 0.180. The van der Waals surface area contributed by atoms with Crippen LogP contribution in [0.2, 0.25) is 0 Å². The summed E-state index contributed by atoms with van der Waals surface area (Å²) in [5, 5.41) is 3.57. The van der Waals surface area contributed by atoms with Crippen LogP contribution in [0.1, 0.15) is 26.8 Å². The first kappa shape index (κ1) is 13.0. The smallest absolute Gasteiger partial charge is 0.247 e. The Kier molecular flexibility index (Phi) is 3.38. The summed E-state index contributed by atoms with van der Waals surface area (Å²) in [4.78, 5) is 16.7. The topological polar surface area (TPSA) is 69.1 Å². The van der Waals surface area contributed by atoms with Crippen LogP contribution < -0.4 is 5.73 Å². The molecule has 0 saturated heterocycles. The van der Waals surface area contributed by atoms with Gasteiger partial charge in [0.15, 0.2) is 5.76 Å². The van der Waals surface area contributed by atoms with Crippen LogP contribution in [0.5, 0.6) is 0 Å². The van der Waals surface area contributed by atoms with Gasteiger partial charge in [-0.3, -0.25) is 4.79 Å². The van der Waals surface area contributed by atoms with Gasteiger partial charge in [0.1, 0.15) is 11.3 Å². The summed E-state index contributed by atoms with van der Waals surface area (Å²) in [6.45, 7) is 2.49. The van der Waals surface area contributed by atoms with Crippen molar-refractivity contribution in [3.63, 3.8) is 0 Å². The van der Waals surface area contributed by atoms with Crippen LogP contribution in [-0.2, 0) is 6.42 Å². The molecule has 0 unspecified atom stereocenters. The molecule has 1 aromatic carbocycles. The first-order valence-corrected chi connectivity index (χ1v) is 7.25. The average Bonchev–Trinajstić information content (AvgIpc) is 3.05. The van der Waals surface area contributed by atoms with Crippen molar-refractivity contribution in [3.8, 4) is 0 Å². The van der Waals surface area contributed by atoms with Crippen molar-refractivity contribution in [3.05, 3.63) is 51.7 Å². The Hall–Kier alpha value is -1.98. The van der Waals surface area contributed by atoms with E-state index < -0.39 is 0 Å². The molecule has 0 radical (unpaired) electrons. The van der Waals surface area contributed by atoms with Crippen LogP contribution in [0.15, 0.2) is 34.1 Å². The van der Waals surface area contributed by atoms with Gasteiger partial charge < -0.3 is 10.2 Å². The normalized spacial score (nSPS) is 11.1. The molecule has 2 aromatic heterocycles. The molecular formula is C15H14N2O2S. The summed E-state index contributed by atoms with van der Waals surface area (Å²) in [6, 6.07) is 7.61. The van der Waals surface area contributed by atoms with Gasteiger partial charge in [-0.15, -0.1) is 11.3 Å². The van der Waals surface area contributed by atoms with E-state index in [0.717, 1.165) is 21.5 Å². The van der Waals surface area contributed by atoms with Gasteiger partial charge in [-0.2, -0.15) is 0 Å². The highest BCUT2D eigenvalue weighted by atomic mass is 32.1. The summed E-state index contributed by atoms with van der Waals surface area (Å²) in [5.74, 6) is 0.152. The second-order valence-electron chi connectivity index (χ2n) is 4.60. The molecule has 2 heterocycles. The van der Waals surface area contributed by atoms with E-state index in [1.54, 1.807) is 11.4 Å². The van der Waals surface area contributed by atoms with Gasteiger partial charge in [0.05, 0.1) is 5.01 Å². The number of carbonyl (C=O) groups excluding carboxylic acids is 1. The molecule has 0 bridgehead atoms. The van der Waals surface area contributed by atoms with Crippen LogP contribution in [0.25, 0.3) is 11.0 Å². The standard InChI is InChI=1S/C15H14N2O2S/c1-9-3-2-4-10-7-12(19-15(9)10)14(18)11-8-20-13(17-11)5-6-16/h2-4,7-8H,5-6,16H2,1H3. The van der Waals surface area contributed by atoms with Gasteiger partial charge in [-0.25, -0.2) is 4.98 Å². The summed E-state index contributed by atoms with van der Waals surface area (Å²) in [5.41, 5.74) is 7.69. The first-order valence-electron chi connectivity index (χ1n) is 6.37. The number of benzene rings is 1. The molecule has 0 aliphatic rings. The molecule has 20 heavy (non-hydrogen) atoms. The highest BCUT2D eigenvalue weighted by Crippen LogP contribution is 2.24. The fourth-order valence-electron chi connectivity index (χ4n) is 2.10. The Bertz CT molecular complexity index is 773. The minimum Gasteiger partial charge on any atom is -0.452 e. The number of aromatic nitrogens is 1. The molecule has 4 nitrogen and oxygen atoms in total. The van der Waals surface area contributed by atoms with E-state index in [-0.39, 0.29) is 5.78 Å². The van der Waals surface area contributed by atoms with Crippen LogP contribution in [0.3, 0.4) is 0 Å². The Morgan fingerprint density at radius 3 is 3.05 bits per heavy atom. The number of fused-ring (bicyclic) bond motifs is 1. The number of thiazole rings is 1. The van der Waals surface area contributed by atoms with E-state index in [1.807, 2.05) is 25.1 Å². The van der Waals surface area contributed by atoms with E-state index in [1.165, 1.54) is 11.3 Å². The monoisotopic (exact) mass is 286 g/mol. The minimum atomic E-state index is -0.180. The van der Waals surface area contributed by atoms with Crippen molar-refractivity contribution < 1.29 is 9.21 Å². The fraction of sp³-hybridized carbons (Fsp3) is 0.200. The highest BCUT2D eigenvalue weighted by Gasteiger charge is 2.18.